The summed E-state index contributed by atoms with van der Waals surface area (Å²) in [7, 11) is 0. The van der Waals surface area contributed by atoms with Crippen molar-refractivity contribution in [2.45, 2.75) is 0 Å². The molecule has 0 N–H and O–H groups in total. The molecular formula is C3H3ClNS. The molecule has 1 aliphatic heterocycles. The molecule has 0 aromatic rings. The van der Waals surface area contributed by atoms with Crippen LogP contribution in [0.5, 0.6) is 0 Å². The summed E-state index contributed by atoms with van der Waals surface area (Å²) < 4.78 is 0.801. The molecule has 0 saturated carbocycles. The van der Waals surface area contributed by atoms with Crippen LogP contribution in [0.2, 0.25) is 0 Å². The van der Waals surface area contributed by atoms with E-state index in [0.717, 1.165) is 10.2 Å². The van der Waals surface area contributed by atoms with Gasteiger partial charge in [0, 0.05) is 6.20 Å². The number of thioether (sulfide) groups is 1. The molecule has 0 fully saturated rings. The van der Waals surface area contributed by atoms with Gasteiger partial charge in [0.05, 0.1) is 10.2 Å². The summed E-state index contributed by atoms with van der Waals surface area (Å²) in [5, 5.41) is 3.83. The zero-order valence-corrected chi connectivity index (χ0v) is 4.59. The van der Waals surface area contributed by atoms with E-state index in [0.29, 0.717) is 0 Å². The summed E-state index contributed by atoms with van der Waals surface area (Å²) in [5.41, 5.74) is 0. The Morgan fingerprint density at radius 1 is 2.00 bits per heavy atom. The fourth-order valence-electron chi connectivity index (χ4n) is 0.245. The van der Waals surface area contributed by atoms with Crippen molar-refractivity contribution in [2.75, 3.05) is 5.88 Å². The standard InChI is InChI=1S/C3H3ClNS/c4-3-1-5-2-6-3/h1H,2H2. The summed E-state index contributed by atoms with van der Waals surface area (Å²) in [5.74, 6) is 0.804. The molecule has 1 radical (unpaired) electrons. The minimum Gasteiger partial charge on any atom is -0.280 e. The number of hydrogen-bond donors (Lipinski definition) is 0. The van der Waals surface area contributed by atoms with Gasteiger partial charge in [-0.2, -0.15) is 0 Å². The van der Waals surface area contributed by atoms with Gasteiger partial charge < -0.3 is 0 Å². The molecule has 0 aromatic carbocycles. The Bertz CT molecular complexity index is 80.9. The highest BCUT2D eigenvalue weighted by Crippen LogP contribution is 2.22. The van der Waals surface area contributed by atoms with Crippen molar-refractivity contribution in [1.82, 2.24) is 5.32 Å². The van der Waals surface area contributed by atoms with Gasteiger partial charge in [0.2, 0.25) is 0 Å². The van der Waals surface area contributed by atoms with Gasteiger partial charge in [-0.25, -0.2) is 0 Å². The quantitative estimate of drug-likeness (QED) is 0.471. The van der Waals surface area contributed by atoms with Gasteiger partial charge in [-0.3, -0.25) is 5.32 Å². The highest BCUT2D eigenvalue weighted by Gasteiger charge is 1.98. The molecule has 33 valence electrons. The SMILES string of the molecule is ClC1=C[N]CS1. The lowest BCUT2D eigenvalue weighted by Crippen LogP contribution is -1.82. The molecule has 6 heavy (non-hydrogen) atoms. The fraction of sp³-hybridized carbons (Fsp3) is 0.333. The lowest BCUT2D eigenvalue weighted by atomic mass is 11.0. The largest absolute Gasteiger partial charge is 0.280 e. The molecule has 0 aromatic heterocycles. The van der Waals surface area contributed by atoms with E-state index < -0.39 is 0 Å². The average Bonchev–Trinajstić information content (AvgIpc) is 1.86. The second-order valence-electron chi connectivity index (χ2n) is 0.889. The second-order valence-corrected chi connectivity index (χ2v) is 2.51. The number of nitrogens with zero attached hydrogens (tertiary/aromatic N) is 1. The van der Waals surface area contributed by atoms with E-state index in [1.165, 1.54) is 0 Å². The van der Waals surface area contributed by atoms with E-state index >= 15 is 0 Å². The summed E-state index contributed by atoms with van der Waals surface area (Å²) in [6.07, 6.45) is 1.67. The van der Waals surface area contributed by atoms with E-state index in [9.17, 15) is 0 Å². The summed E-state index contributed by atoms with van der Waals surface area (Å²) >= 11 is 7.00. The first-order valence-corrected chi connectivity index (χ1v) is 2.91. The minimum absolute atomic E-state index is 0.801. The normalized spacial score (nSPS) is 19.8. The van der Waals surface area contributed by atoms with Gasteiger partial charge in [0.25, 0.3) is 0 Å². The average molecular weight is 121 g/mol. The Hall–Kier alpha value is 0.180. The molecule has 0 aliphatic carbocycles. The van der Waals surface area contributed by atoms with Gasteiger partial charge in [-0.1, -0.05) is 23.4 Å². The van der Waals surface area contributed by atoms with Gasteiger partial charge >= 0.3 is 0 Å². The molecule has 1 nitrogen and oxygen atoms in total. The number of rotatable bonds is 0. The maximum Gasteiger partial charge on any atom is 0.0931 e. The molecule has 0 amide bonds. The van der Waals surface area contributed by atoms with Crippen LogP contribution in [0, 0.1) is 0 Å². The van der Waals surface area contributed by atoms with Crippen molar-refractivity contribution >= 4 is 23.4 Å². The Kier molecular flexibility index (Phi) is 1.27. The van der Waals surface area contributed by atoms with Crippen LogP contribution >= 0.6 is 23.4 Å². The third kappa shape index (κ3) is 0.820. The van der Waals surface area contributed by atoms with Crippen LogP contribution in [0.3, 0.4) is 0 Å². The molecule has 0 saturated heterocycles. The fourth-order valence-corrected chi connectivity index (χ4v) is 0.882. The van der Waals surface area contributed by atoms with E-state index in [-0.39, 0.29) is 0 Å². The Morgan fingerprint density at radius 2 is 2.83 bits per heavy atom. The first kappa shape index (κ1) is 4.34. The van der Waals surface area contributed by atoms with Crippen molar-refractivity contribution in [3.05, 3.63) is 10.6 Å². The first-order valence-electron chi connectivity index (χ1n) is 1.54. The van der Waals surface area contributed by atoms with Gasteiger partial charge in [0.1, 0.15) is 0 Å². The topological polar surface area (TPSA) is 14.1 Å². The Labute approximate surface area is 45.7 Å². The van der Waals surface area contributed by atoms with Gasteiger partial charge in [-0.15, -0.1) is 0 Å². The molecule has 1 aliphatic rings. The summed E-state index contributed by atoms with van der Waals surface area (Å²) in [6, 6.07) is 0. The maximum atomic E-state index is 5.44. The molecule has 0 atom stereocenters. The van der Waals surface area contributed by atoms with E-state index in [4.69, 9.17) is 11.6 Å². The summed E-state index contributed by atoms with van der Waals surface area (Å²) in [6.45, 7) is 0. The molecule has 0 spiro atoms. The molecular weight excluding hydrogens is 118 g/mol. The van der Waals surface area contributed by atoms with Crippen LogP contribution in [0.1, 0.15) is 0 Å². The van der Waals surface area contributed by atoms with Crippen molar-refractivity contribution in [3.63, 3.8) is 0 Å². The second kappa shape index (κ2) is 1.76. The number of hydrogen-bond acceptors (Lipinski definition) is 1. The van der Waals surface area contributed by atoms with Crippen LogP contribution in [0.25, 0.3) is 0 Å². The third-order valence-corrected chi connectivity index (χ3v) is 1.55. The lowest BCUT2D eigenvalue weighted by Gasteiger charge is -1.75. The Balaban J connectivity index is 2.45. The van der Waals surface area contributed by atoms with Crippen LogP contribution < -0.4 is 5.32 Å². The maximum absolute atomic E-state index is 5.44. The predicted octanol–water partition coefficient (Wildman–Crippen LogP) is 1.33. The van der Waals surface area contributed by atoms with Crippen LogP contribution in [-0.4, -0.2) is 5.88 Å². The molecule has 1 heterocycles. The predicted molar refractivity (Wildman–Crippen MR) is 28.5 cm³/mol. The van der Waals surface area contributed by atoms with E-state index in [1.54, 1.807) is 18.0 Å². The van der Waals surface area contributed by atoms with Crippen molar-refractivity contribution < 1.29 is 0 Å². The summed E-state index contributed by atoms with van der Waals surface area (Å²) in [4.78, 5) is 0. The molecule has 1 rings (SSSR count). The van der Waals surface area contributed by atoms with Crippen molar-refractivity contribution in [3.8, 4) is 0 Å². The minimum atomic E-state index is 0.801. The number of halogens is 1. The van der Waals surface area contributed by atoms with Gasteiger partial charge in [0.15, 0.2) is 0 Å². The monoisotopic (exact) mass is 120 g/mol. The smallest absolute Gasteiger partial charge is 0.0931 e. The molecule has 3 heteroatoms. The zero-order chi connectivity index (χ0) is 4.41. The van der Waals surface area contributed by atoms with Crippen molar-refractivity contribution in [2.24, 2.45) is 0 Å². The third-order valence-electron chi connectivity index (χ3n) is 0.470. The highest BCUT2D eigenvalue weighted by atomic mass is 35.5. The van der Waals surface area contributed by atoms with Gasteiger partial charge in [-0.05, 0) is 0 Å². The van der Waals surface area contributed by atoms with E-state index in [2.05, 4.69) is 5.32 Å². The van der Waals surface area contributed by atoms with Crippen molar-refractivity contribution in [1.29, 1.82) is 0 Å². The zero-order valence-electron chi connectivity index (χ0n) is 3.02. The van der Waals surface area contributed by atoms with E-state index in [1.807, 2.05) is 0 Å². The van der Waals surface area contributed by atoms with Crippen LogP contribution in [0.4, 0.5) is 0 Å². The molecule has 0 unspecified atom stereocenters. The van der Waals surface area contributed by atoms with Crippen LogP contribution in [-0.2, 0) is 0 Å². The Morgan fingerprint density at radius 3 is 3.00 bits per heavy atom. The first-order chi connectivity index (χ1) is 2.89. The molecule has 0 bridgehead atoms. The highest BCUT2D eigenvalue weighted by molar-refractivity contribution is 8.04. The lowest BCUT2D eigenvalue weighted by molar-refractivity contribution is 1.06. The van der Waals surface area contributed by atoms with Crippen LogP contribution in [0.15, 0.2) is 10.6 Å².